The molecule has 0 amide bonds. The van der Waals surface area contributed by atoms with Crippen LogP contribution in [0.2, 0.25) is 5.82 Å². The second-order valence-electron chi connectivity index (χ2n) is 8.41. The molecule has 0 bridgehead atoms. The van der Waals surface area contributed by atoms with E-state index in [2.05, 4.69) is 55.4 Å². The smallest absolute Gasteiger partial charge is 0.403 e. The summed E-state index contributed by atoms with van der Waals surface area (Å²) in [5, 5.41) is 0. The van der Waals surface area contributed by atoms with Gasteiger partial charge >= 0.3 is 7.12 Å². The Morgan fingerprint density at radius 2 is 1.11 bits per heavy atom. The van der Waals surface area contributed by atoms with Crippen LogP contribution in [-0.4, -0.2) is 29.5 Å². The topological polar surface area (TPSA) is 27.7 Å². The first-order valence-corrected chi connectivity index (χ1v) is 7.39. The molecule has 0 aromatic heterocycles. The highest BCUT2D eigenvalue weighted by atomic mass is 16.7. The van der Waals surface area contributed by atoms with Crippen LogP contribution in [-0.2, 0) is 14.0 Å². The maximum atomic E-state index is 6.21. The monoisotopic (exact) mass is 268 g/mol. The van der Waals surface area contributed by atoms with Gasteiger partial charge in [0.05, 0.1) is 22.4 Å². The van der Waals surface area contributed by atoms with Crippen molar-refractivity contribution in [2.24, 2.45) is 0 Å². The van der Waals surface area contributed by atoms with Gasteiger partial charge in [0.2, 0.25) is 0 Å². The van der Waals surface area contributed by atoms with E-state index < -0.39 is 0 Å². The molecular weight excluding hydrogens is 239 g/mol. The molecule has 2 heterocycles. The highest BCUT2D eigenvalue weighted by Crippen LogP contribution is 2.48. The molecule has 2 rings (SSSR count). The standard InChI is InChI=1S/C15H29BO3/c1-12(2)9-11(10-13(3,4)17-12)16-18-14(5,6)15(7,8)19-16/h11H,9-10H2,1-8H3. The van der Waals surface area contributed by atoms with E-state index in [1.54, 1.807) is 0 Å². The minimum absolute atomic E-state index is 0.115. The molecular formula is C15H29BO3. The molecule has 3 nitrogen and oxygen atoms in total. The van der Waals surface area contributed by atoms with Crippen molar-refractivity contribution in [2.45, 2.75) is 96.5 Å². The summed E-state index contributed by atoms with van der Waals surface area (Å²) in [5.74, 6) is 0.389. The fraction of sp³-hybridized carbons (Fsp3) is 1.00. The maximum absolute atomic E-state index is 6.21. The maximum Gasteiger partial charge on any atom is 0.461 e. The van der Waals surface area contributed by atoms with E-state index in [-0.39, 0.29) is 29.5 Å². The third-order valence-corrected chi connectivity index (χ3v) is 4.72. The number of hydrogen-bond acceptors (Lipinski definition) is 3. The van der Waals surface area contributed by atoms with E-state index >= 15 is 0 Å². The normalized spacial score (nSPS) is 32.5. The Hall–Kier alpha value is -0.0551. The summed E-state index contributed by atoms with van der Waals surface area (Å²) < 4.78 is 18.6. The molecule has 0 aromatic rings. The fourth-order valence-electron chi connectivity index (χ4n) is 3.44. The van der Waals surface area contributed by atoms with Crippen molar-refractivity contribution >= 4 is 7.12 Å². The predicted octanol–water partition coefficient (Wildman–Crippen LogP) is 3.82. The Kier molecular flexibility index (Phi) is 3.41. The van der Waals surface area contributed by atoms with Gasteiger partial charge in [-0.25, -0.2) is 0 Å². The van der Waals surface area contributed by atoms with Crippen LogP contribution >= 0.6 is 0 Å². The van der Waals surface area contributed by atoms with Crippen LogP contribution in [0.15, 0.2) is 0 Å². The lowest BCUT2D eigenvalue weighted by molar-refractivity contribution is -0.157. The molecule has 2 fully saturated rings. The van der Waals surface area contributed by atoms with Crippen LogP contribution in [0.4, 0.5) is 0 Å². The van der Waals surface area contributed by atoms with E-state index in [0.29, 0.717) is 5.82 Å². The summed E-state index contributed by atoms with van der Waals surface area (Å²) in [6.45, 7) is 17.1. The lowest BCUT2D eigenvalue weighted by atomic mass is 9.61. The number of ether oxygens (including phenoxy) is 1. The van der Waals surface area contributed by atoms with E-state index in [1.165, 1.54) is 0 Å². The van der Waals surface area contributed by atoms with Crippen molar-refractivity contribution in [2.75, 3.05) is 0 Å². The first kappa shape index (κ1) is 15.3. The van der Waals surface area contributed by atoms with Gasteiger partial charge in [0.1, 0.15) is 0 Å². The molecule has 2 aliphatic heterocycles. The van der Waals surface area contributed by atoms with Crippen molar-refractivity contribution in [3.63, 3.8) is 0 Å². The fourth-order valence-corrected chi connectivity index (χ4v) is 3.44. The number of rotatable bonds is 1. The third kappa shape index (κ3) is 3.01. The molecule has 19 heavy (non-hydrogen) atoms. The summed E-state index contributed by atoms with van der Waals surface area (Å²) in [7, 11) is -0.118. The Morgan fingerprint density at radius 3 is 1.47 bits per heavy atom. The average molecular weight is 268 g/mol. The van der Waals surface area contributed by atoms with E-state index in [4.69, 9.17) is 14.0 Å². The van der Waals surface area contributed by atoms with Gasteiger partial charge in [-0.3, -0.25) is 0 Å². The lowest BCUT2D eigenvalue weighted by Gasteiger charge is -2.45. The Labute approximate surface area is 118 Å². The quantitative estimate of drug-likeness (QED) is 0.677. The van der Waals surface area contributed by atoms with Gasteiger partial charge in [-0.05, 0) is 74.0 Å². The van der Waals surface area contributed by atoms with Crippen molar-refractivity contribution in [1.82, 2.24) is 0 Å². The second kappa shape index (κ2) is 4.22. The van der Waals surface area contributed by atoms with Crippen LogP contribution in [0.5, 0.6) is 0 Å². The van der Waals surface area contributed by atoms with Crippen molar-refractivity contribution in [1.29, 1.82) is 0 Å². The third-order valence-electron chi connectivity index (χ3n) is 4.72. The molecule has 0 saturated carbocycles. The molecule has 0 atom stereocenters. The molecule has 0 radical (unpaired) electrons. The highest BCUT2D eigenvalue weighted by molar-refractivity contribution is 6.47. The SMILES string of the molecule is CC1(C)CC(B2OC(C)(C)C(C)(C)O2)CC(C)(C)O1. The van der Waals surface area contributed by atoms with Gasteiger partial charge < -0.3 is 14.0 Å². The molecule has 0 aromatic carbocycles. The van der Waals surface area contributed by atoms with Gasteiger partial charge in [-0.1, -0.05) is 0 Å². The molecule has 0 N–H and O–H groups in total. The summed E-state index contributed by atoms with van der Waals surface area (Å²) in [6.07, 6.45) is 1.96. The van der Waals surface area contributed by atoms with Gasteiger partial charge in [-0.2, -0.15) is 0 Å². The second-order valence-corrected chi connectivity index (χ2v) is 8.41. The van der Waals surface area contributed by atoms with Crippen LogP contribution in [0.1, 0.15) is 68.2 Å². The zero-order chi connectivity index (χ0) is 14.7. The van der Waals surface area contributed by atoms with Gasteiger partial charge in [0.25, 0.3) is 0 Å². The molecule has 110 valence electrons. The molecule has 0 spiro atoms. The number of hydrogen-bond donors (Lipinski definition) is 0. The van der Waals surface area contributed by atoms with Crippen molar-refractivity contribution < 1.29 is 14.0 Å². The summed E-state index contributed by atoms with van der Waals surface area (Å²) in [4.78, 5) is 0. The first-order valence-electron chi connectivity index (χ1n) is 7.39. The van der Waals surface area contributed by atoms with E-state index in [1.807, 2.05) is 0 Å². The first-order chi connectivity index (χ1) is 8.34. The van der Waals surface area contributed by atoms with Crippen LogP contribution < -0.4 is 0 Å². The Balaban J connectivity index is 2.15. The van der Waals surface area contributed by atoms with Crippen molar-refractivity contribution in [3.05, 3.63) is 0 Å². The zero-order valence-electron chi connectivity index (χ0n) is 13.8. The summed E-state index contributed by atoms with van der Waals surface area (Å²) >= 11 is 0. The Morgan fingerprint density at radius 1 is 0.737 bits per heavy atom. The van der Waals surface area contributed by atoms with E-state index in [0.717, 1.165) is 12.8 Å². The molecule has 2 aliphatic rings. The van der Waals surface area contributed by atoms with Crippen LogP contribution in [0.25, 0.3) is 0 Å². The summed E-state index contributed by atoms with van der Waals surface area (Å²) in [5.41, 5.74) is -0.722. The Bertz CT molecular complexity index is 328. The minimum Gasteiger partial charge on any atom is -0.403 e. The molecule has 0 unspecified atom stereocenters. The van der Waals surface area contributed by atoms with Crippen LogP contribution in [0.3, 0.4) is 0 Å². The van der Waals surface area contributed by atoms with Gasteiger partial charge in [-0.15, -0.1) is 0 Å². The predicted molar refractivity (Wildman–Crippen MR) is 78.3 cm³/mol. The van der Waals surface area contributed by atoms with Gasteiger partial charge in [0.15, 0.2) is 0 Å². The van der Waals surface area contributed by atoms with E-state index in [9.17, 15) is 0 Å². The lowest BCUT2D eigenvalue weighted by Crippen LogP contribution is -2.47. The average Bonchev–Trinajstić information content (AvgIpc) is 2.30. The van der Waals surface area contributed by atoms with Gasteiger partial charge in [0, 0.05) is 0 Å². The molecule has 4 heteroatoms. The molecule has 2 saturated heterocycles. The minimum atomic E-state index is -0.246. The van der Waals surface area contributed by atoms with Crippen molar-refractivity contribution in [3.8, 4) is 0 Å². The largest absolute Gasteiger partial charge is 0.461 e. The molecule has 0 aliphatic carbocycles. The highest BCUT2D eigenvalue weighted by Gasteiger charge is 2.56. The summed E-state index contributed by atoms with van der Waals surface area (Å²) in [6, 6.07) is 0. The zero-order valence-corrected chi connectivity index (χ0v) is 13.8. The van der Waals surface area contributed by atoms with Crippen LogP contribution in [0, 0.1) is 0 Å².